The Morgan fingerprint density at radius 1 is 1.54 bits per heavy atom. The Morgan fingerprint density at radius 2 is 2.31 bits per heavy atom. The van der Waals surface area contributed by atoms with Crippen molar-refractivity contribution in [3.63, 3.8) is 0 Å². The molecule has 0 saturated carbocycles. The third kappa shape index (κ3) is 1.18. The van der Waals surface area contributed by atoms with Crippen molar-refractivity contribution in [3.05, 3.63) is 17.8 Å². The van der Waals surface area contributed by atoms with E-state index < -0.39 is 0 Å². The Morgan fingerprint density at radius 3 is 3.00 bits per heavy atom. The van der Waals surface area contributed by atoms with Crippen LogP contribution in [0, 0.1) is 6.92 Å². The summed E-state index contributed by atoms with van der Waals surface area (Å²) in [6.07, 6.45) is 1.54. The Balaban J connectivity index is 2.79. The summed E-state index contributed by atoms with van der Waals surface area (Å²) in [4.78, 5) is 19.0. The van der Waals surface area contributed by atoms with Gasteiger partial charge in [0.1, 0.15) is 11.3 Å². The van der Waals surface area contributed by atoms with E-state index in [1.54, 1.807) is 6.92 Å². The van der Waals surface area contributed by atoms with E-state index in [1.807, 2.05) is 0 Å². The van der Waals surface area contributed by atoms with Crippen LogP contribution in [-0.4, -0.2) is 20.9 Å². The molecule has 2 rings (SSSR count). The molecule has 0 aromatic carbocycles. The highest BCUT2D eigenvalue weighted by Gasteiger charge is 2.13. The number of fused-ring (bicyclic) bond motifs is 1. The highest BCUT2D eigenvalue weighted by molar-refractivity contribution is 6.01. The fourth-order valence-electron chi connectivity index (χ4n) is 1.07. The van der Waals surface area contributed by atoms with Crippen molar-refractivity contribution < 1.29 is 9.32 Å². The minimum absolute atomic E-state index is 0.180. The molecule has 0 bridgehead atoms. The highest BCUT2D eigenvalue weighted by atomic mass is 16.5. The number of carbonyl (C=O) groups excluding carboxylic acids is 1. The molecular weight excluding hydrogens is 170 g/mol. The standard InChI is InChI=1S/C8H7N3O2/c1-4(12)8-7-6(11-13-8)3-9-5(2)10-7/h3H,1-2H3. The van der Waals surface area contributed by atoms with Crippen molar-refractivity contribution >= 4 is 16.8 Å². The first kappa shape index (κ1) is 7.85. The molecule has 0 saturated heterocycles. The average molecular weight is 177 g/mol. The number of nitrogens with zero attached hydrogens (tertiary/aromatic N) is 3. The number of hydrogen-bond acceptors (Lipinski definition) is 5. The maximum Gasteiger partial charge on any atom is 0.228 e. The number of Topliss-reactive ketones (excluding diaryl/α,β-unsaturated/α-hetero) is 1. The average Bonchev–Trinajstić information content (AvgIpc) is 2.46. The lowest BCUT2D eigenvalue weighted by atomic mass is 10.3. The van der Waals surface area contributed by atoms with E-state index in [9.17, 15) is 4.79 Å². The molecule has 0 amide bonds. The first-order valence-corrected chi connectivity index (χ1v) is 3.78. The van der Waals surface area contributed by atoms with Crippen molar-refractivity contribution in [2.24, 2.45) is 0 Å². The summed E-state index contributed by atoms with van der Waals surface area (Å²) in [6, 6.07) is 0. The largest absolute Gasteiger partial charge is 0.350 e. The summed E-state index contributed by atoms with van der Waals surface area (Å²) < 4.78 is 4.83. The van der Waals surface area contributed by atoms with Gasteiger partial charge < -0.3 is 4.52 Å². The van der Waals surface area contributed by atoms with Crippen LogP contribution in [0.5, 0.6) is 0 Å². The van der Waals surface area contributed by atoms with Gasteiger partial charge in [0.15, 0.2) is 11.3 Å². The first-order valence-electron chi connectivity index (χ1n) is 3.78. The summed E-state index contributed by atoms with van der Waals surface area (Å²) in [5.74, 6) is 0.610. The molecule has 2 aromatic heterocycles. The molecule has 0 unspecified atom stereocenters. The fraction of sp³-hybridized carbons (Fsp3) is 0.250. The highest BCUT2D eigenvalue weighted by Crippen LogP contribution is 2.14. The van der Waals surface area contributed by atoms with Gasteiger partial charge in [-0.2, -0.15) is 0 Å². The van der Waals surface area contributed by atoms with Crippen LogP contribution in [0.1, 0.15) is 23.3 Å². The van der Waals surface area contributed by atoms with Gasteiger partial charge in [0.2, 0.25) is 5.76 Å². The lowest BCUT2D eigenvalue weighted by Crippen LogP contribution is -1.93. The summed E-state index contributed by atoms with van der Waals surface area (Å²) >= 11 is 0. The third-order valence-corrected chi connectivity index (χ3v) is 1.66. The molecule has 0 aliphatic carbocycles. The maximum absolute atomic E-state index is 11.0. The second-order valence-electron chi connectivity index (χ2n) is 2.72. The zero-order valence-corrected chi connectivity index (χ0v) is 7.24. The zero-order chi connectivity index (χ0) is 9.42. The molecule has 0 fully saturated rings. The Kier molecular flexibility index (Phi) is 1.58. The number of aryl methyl sites for hydroxylation is 1. The van der Waals surface area contributed by atoms with Gasteiger partial charge in [-0.05, 0) is 6.92 Å². The molecule has 66 valence electrons. The van der Waals surface area contributed by atoms with Gasteiger partial charge in [0.05, 0.1) is 6.20 Å². The number of aromatic nitrogens is 3. The quantitative estimate of drug-likeness (QED) is 0.610. The van der Waals surface area contributed by atoms with Gasteiger partial charge >= 0.3 is 0 Å². The van der Waals surface area contributed by atoms with Crippen LogP contribution in [0.25, 0.3) is 11.0 Å². The van der Waals surface area contributed by atoms with Gasteiger partial charge in [-0.25, -0.2) is 9.97 Å². The smallest absolute Gasteiger partial charge is 0.228 e. The topological polar surface area (TPSA) is 68.9 Å². The molecule has 5 nitrogen and oxygen atoms in total. The number of hydrogen-bond donors (Lipinski definition) is 0. The van der Waals surface area contributed by atoms with E-state index in [0.29, 0.717) is 16.9 Å². The predicted octanol–water partition coefficient (Wildman–Crippen LogP) is 1.13. The van der Waals surface area contributed by atoms with E-state index in [1.165, 1.54) is 13.1 Å². The lowest BCUT2D eigenvalue weighted by Gasteiger charge is -1.89. The molecule has 0 aliphatic heterocycles. The summed E-state index contributed by atoms with van der Waals surface area (Å²) in [7, 11) is 0. The van der Waals surface area contributed by atoms with E-state index in [4.69, 9.17) is 4.52 Å². The molecule has 0 aliphatic rings. The normalized spacial score (nSPS) is 10.6. The molecule has 0 atom stereocenters. The molecule has 0 radical (unpaired) electrons. The number of ketones is 1. The predicted molar refractivity (Wildman–Crippen MR) is 44.3 cm³/mol. The van der Waals surface area contributed by atoms with Gasteiger partial charge in [-0.3, -0.25) is 4.79 Å². The summed E-state index contributed by atoms with van der Waals surface area (Å²) in [5, 5.41) is 3.66. The van der Waals surface area contributed by atoms with Crippen molar-refractivity contribution in [1.82, 2.24) is 15.1 Å². The van der Waals surface area contributed by atoms with E-state index in [2.05, 4.69) is 15.1 Å². The van der Waals surface area contributed by atoms with Gasteiger partial charge in [0, 0.05) is 6.92 Å². The molecule has 0 spiro atoms. The molecule has 13 heavy (non-hydrogen) atoms. The van der Waals surface area contributed by atoms with Crippen LogP contribution < -0.4 is 0 Å². The molecule has 0 N–H and O–H groups in total. The van der Waals surface area contributed by atoms with Crippen molar-refractivity contribution in [3.8, 4) is 0 Å². The second-order valence-corrected chi connectivity index (χ2v) is 2.72. The van der Waals surface area contributed by atoms with Crippen LogP contribution in [0.2, 0.25) is 0 Å². The van der Waals surface area contributed by atoms with Crippen LogP contribution in [0.3, 0.4) is 0 Å². The second kappa shape index (κ2) is 2.62. The van der Waals surface area contributed by atoms with Crippen LogP contribution in [-0.2, 0) is 0 Å². The van der Waals surface area contributed by atoms with Crippen LogP contribution in [0.4, 0.5) is 0 Å². The Bertz CT molecular complexity index is 475. The minimum Gasteiger partial charge on any atom is -0.350 e. The van der Waals surface area contributed by atoms with E-state index >= 15 is 0 Å². The SMILES string of the molecule is CC(=O)c1onc2cnc(C)nc12. The van der Waals surface area contributed by atoms with Crippen molar-refractivity contribution in [1.29, 1.82) is 0 Å². The van der Waals surface area contributed by atoms with E-state index in [0.717, 1.165) is 0 Å². The molecule has 2 aromatic rings. The number of carbonyl (C=O) groups is 1. The van der Waals surface area contributed by atoms with Gasteiger partial charge in [-0.1, -0.05) is 5.16 Å². The maximum atomic E-state index is 11.0. The molecule has 2 heterocycles. The lowest BCUT2D eigenvalue weighted by molar-refractivity contribution is 0.0980. The molecular formula is C8H7N3O2. The summed E-state index contributed by atoms with van der Waals surface area (Å²) in [6.45, 7) is 3.16. The third-order valence-electron chi connectivity index (χ3n) is 1.66. The van der Waals surface area contributed by atoms with Gasteiger partial charge in [-0.15, -0.1) is 0 Å². The van der Waals surface area contributed by atoms with Crippen LogP contribution in [0.15, 0.2) is 10.7 Å². The Hall–Kier alpha value is -1.78. The van der Waals surface area contributed by atoms with Crippen molar-refractivity contribution in [2.75, 3.05) is 0 Å². The first-order chi connectivity index (χ1) is 6.18. The summed E-state index contributed by atoms with van der Waals surface area (Å²) in [5.41, 5.74) is 0.996. The van der Waals surface area contributed by atoms with Crippen molar-refractivity contribution in [2.45, 2.75) is 13.8 Å². The fourth-order valence-corrected chi connectivity index (χ4v) is 1.07. The monoisotopic (exact) mass is 177 g/mol. The minimum atomic E-state index is -0.180. The molecule has 5 heteroatoms. The Labute approximate surface area is 73.8 Å². The zero-order valence-electron chi connectivity index (χ0n) is 7.24. The van der Waals surface area contributed by atoms with Crippen LogP contribution >= 0.6 is 0 Å². The van der Waals surface area contributed by atoms with E-state index in [-0.39, 0.29) is 11.5 Å². The number of rotatable bonds is 1. The van der Waals surface area contributed by atoms with Gasteiger partial charge in [0.25, 0.3) is 0 Å².